The fourth-order valence-electron chi connectivity index (χ4n) is 3.46. The van der Waals surface area contributed by atoms with Crippen LogP contribution in [0.4, 0.5) is 22.0 Å². The number of carbonyl (C=O) groups is 4. The highest BCUT2D eigenvalue weighted by Gasteiger charge is 2.52. The van der Waals surface area contributed by atoms with Crippen molar-refractivity contribution in [3.05, 3.63) is 70.7 Å². The lowest BCUT2D eigenvalue weighted by Gasteiger charge is -2.27. The first-order valence-corrected chi connectivity index (χ1v) is 12.2. The molecule has 7 nitrogen and oxygen atoms in total. The molecular formula is C26H27ClF5N3O4. The minimum atomic E-state index is -4.98. The van der Waals surface area contributed by atoms with E-state index in [0.29, 0.717) is 11.4 Å². The third kappa shape index (κ3) is 9.61. The summed E-state index contributed by atoms with van der Waals surface area (Å²) in [5, 5.41) is 5.93. The van der Waals surface area contributed by atoms with E-state index in [1.54, 1.807) is 30.3 Å². The summed E-state index contributed by atoms with van der Waals surface area (Å²) in [4.78, 5) is 50.2. The van der Waals surface area contributed by atoms with Gasteiger partial charge in [0.1, 0.15) is 12.6 Å². The Morgan fingerprint density at radius 2 is 1.46 bits per heavy atom. The lowest BCUT2D eigenvalue weighted by molar-refractivity contribution is -0.165. The molecule has 0 aliphatic carbocycles. The van der Waals surface area contributed by atoms with Crippen LogP contribution >= 0.6 is 11.6 Å². The zero-order chi connectivity index (χ0) is 29.4. The molecule has 1 unspecified atom stereocenters. The lowest BCUT2D eigenvalue weighted by Crippen LogP contribution is -2.58. The van der Waals surface area contributed by atoms with E-state index in [0.717, 1.165) is 10.9 Å². The lowest BCUT2D eigenvalue weighted by atomic mass is 9.94. The molecular weight excluding hydrogens is 549 g/mol. The topological polar surface area (TPSA) is 104 Å². The SMILES string of the molecule is CC(C)[C@H](NC(=O)C(NC(=O)CCc1ccccc1)c1ccc(Cl)cc1)C(=O)C(F)(F)C(=O)NCC(F)(F)F. The molecule has 2 rings (SSSR count). The zero-order valence-electron chi connectivity index (χ0n) is 21.0. The maximum Gasteiger partial charge on any atom is 0.405 e. The number of hydrogen-bond acceptors (Lipinski definition) is 4. The first kappa shape index (κ1) is 31.7. The van der Waals surface area contributed by atoms with E-state index < -0.39 is 60.1 Å². The van der Waals surface area contributed by atoms with Crippen LogP contribution in [0, 0.1) is 5.92 Å². The highest BCUT2D eigenvalue weighted by molar-refractivity contribution is 6.30. The Morgan fingerprint density at radius 3 is 2.00 bits per heavy atom. The van der Waals surface area contributed by atoms with Crippen molar-refractivity contribution in [3.8, 4) is 0 Å². The molecule has 3 amide bonds. The number of halogens is 6. The van der Waals surface area contributed by atoms with Gasteiger partial charge in [-0.05, 0) is 35.6 Å². The maximum absolute atomic E-state index is 14.5. The van der Waals surface area contributed by atoms with Gasteiger partial charge in [-0.1, -0.05) is 67.9 Å². The third-order valence-electron chi connectivity index (χ3n) is 5.55. The second kappa shape index (κ2) is 13.5. The number of carbonyl (C=O) groups excluding carboxylic acids is 4. The minimum absolute atomic E-state index is 0.0224. The molecule has 0 spiro atoms. The van der Waals surface area contributed by atoms with Crippen LogP contribution in [-0.2, 0) is 25.6 Å². The fraction of sp³-hybridized carbons (Fsp3) is 0.385. The normalized spacial score (nSPS) is 13.4. The van der Waals surface area contributed by atoms with E-state index in [4.69, 9.17) is 11.6 Å². The van der Waals surface area contributed by atoms with Crippen molar-refractivity contribution in [2.24, 2.45) is 5.92 Å². The molecule has 0 fully saturated rings. The molecule has 0 aliphatic rings. The second-order valence-electron chi connectivity index (χ2n) is 9.00. The van der Waals surface area contributed by atoms with Crippen molar-refractivity contribution in [3.63, 3.8) is 0 Å². The largest absolute Gasteiger partial charge is 0.405 e. The first-order chi connectivity index (χ1) is 18.1. The van der Waals surface area contributed by atoms with Gasteiger partial charge >= 0.3 is 12.1 Å². The highest BCUT2D eigenvalue weighted by Crippen LogP contribution is 2.23. The Balaban J connectivity index is 2.23. The summed E-state index contributed by atoms with van der Waals surface area (Å²) < 4.78 is 66.1. The number of alkyl halides is 5. The summed E-state index contributed by atoms with van der Waals surface area (Å²) in [6, 6.07) is 11.3. The molecule has 13 heteroatoms. The molecule has 2 aromatic carbocycles. The van der Waals surface area contributed by atoms with Crippen molar-refractivity contribution >= 4 is 35.1 Å². The van der Waals surface area contributed by atoms with Crippen molar-refractivity contribution < 1.29 is 41.1 Å². The molecule has 2 aromatic rings. The predicted octanol–water partition coefficient (Wildman–Crippen LogP) is 4.15. The average Bonchev–Trinajstić information content (AvgIpc) is 2.87. The van der Waals surface area contributed by atoms with E-state index >= 15 is 0 Å². The molecule has 3 N–H and O–H groups in total. The van der Waals surface area contributed by atoms with E-state index in [2.05, 4.69) is 10.6 Å². The highest BCUT2D eigenvalue weighted by atomic mass is 35.5. The number of amides is 3. The first-order valence-electron chi connectivity index (χ1n) is 11.8. The number of aryl methyl sites for hydroxylation is 1. The quantitative estimate of drug-likeness (QED) is 0.261. The van der Waals surface area contributed by atoms with Gasteiger partial charge in [-0.25, -0.2) is 0 Å². The predicted molar refractivity (Wildman–Crippen MR) is 133 cm³/mol. The number of Topliss-reactive ketones (excluding diaryl/α,β-unsaturated/α-hetero) is 1. The van der Waals surface area contributed by atoms with Gasteiger partial charge in [0.15, 0.2) is 0 Å². The molecule has 0 aromatic heterocycles. The van der Waals surface area contributed by atoms with Crippen molar-refractivity contribution in [1.29, 1.82) is 0 Å². The van der Waals surface area contributed by atoms with Gasteiger partial charge in [-0.3, -0.25) is 19.2 Å². The molecule has 2 atom stereocenters. The number of nitrogens with one attached hydrogen (secondary N) is 3. The van der Waals surface area contributed by atoms with Gasteiger partial charge in [0, 0.05) is 11.4 Å². The van der Waals surface area contributed by atoms with Crippen molar-refractivity contribution in [2.75, 3.05) is 6.54 Å². The van der Waals surface area contributed by atoms with Crippen LogP contribution in [0.15, 0.2) is 54.6 Å². The van der Waals surface area contributed by atoms with Crippen molar-refractivity contribution in [1.82, 2.24) is 16.0 Å². The molecule has 39 heavy (non-hydrogen) atoms. The van der Waals surface area contributed by atoms with E-state index in [9.17, 15) is 41.1 Å². The van der Waals surface area contributed by atoms with E-state index in [1.165, 1.54) is 38.1 Å². The number of ketones is 1. The summed E-state index contributed by atoms with van der Waals surface area (Å²) in [5.41, 5.74) is 1.08. The van der Waals surface area contributed by atoms with Gasteiger partial charge in [0.2, 0.25) is 17.6 Å². The van der Waals surface area contributed by atoms with Crippen LogP contribution in [0.25, 0.3) is 0 Å². The molecule has 0 aliphatic heterocycles. The van der Waals surface area contributed by atoms with Crippen molar-refractivity contribution in [2.45, 2.75) is 50.9 Å². The molecule has 0 heterocycles. The Labute approximate surface area is 226 Å². The molecule has 0 radical (unpaired) electrons. The van der Waals surface area contributed by atoms with Gasteiger partial charge in [-0.2, -0.15) is 22.0 Å². The monoisotopic (exact) mass is 575 g/mol. The summed E-state index contributed by atoms with van der Waals surface area (Å²) in [6.45, 7) is 0.519. The van der Waals surface area contributed by atoms with Crippen LogP contribution in [0.1, 0.15) is 37.4 Å². The summed E-state index contributed by atoms with van der Waals surface area (Å²) >= 11 is 5.90. The minimum Gasteiger partial charge on any atom is -0.344 e. The Hall–Kier alpha value is -3.54. The number of benzene rings is 2. The van der Waals surface area contributed by atoms with Crippen LogP contribution in [0.3, 0.4) is 0 Å². The number of rotatable bonds is 12. The Kier molecular flexibility index (Phi) is 11.0. The third-order valence-corrected chi connectivity index (χ3v) is 5.80. The van der Waals surface area contributed by atoms with Gasteiger partial charge in [0.25, 0.3) is 5.91 Å². The fourth-order valence-corrected chi connectivity index (χ4v) is 3.59. The smallest absolute Gasteiger partial charge is 0.344 e. The van der Waals surface area contributed by atoms with Crippen LogP contribution in [0.2, 0.25) is 5.02 Å². The molecule has 212 valence electrons. The molecule has 0 saturated heterocycles. The van der Waals surface area contributed by atoms with Gasteiger partial charge < -0.3 is 16.0 Å². The van der Waals surface area contributed by atoms with Gasteiger partial charge in [-0.15, -0.1) is 0 Å². The average molecular weight is 576 g/mol. The number of hydrogen-bond donors (Lipinski definition) is 3. The Bertz CT molecular complexity index is 1160. The van der Waals surface area contributed by atoms with Gasteiger partial charge in [0.05, 0.1) is 6.04 Å². The molecule has 0 bridgehead atoms. The van der Waals surface area contributed by atoms with E-state index in [-0.39, 0.29) is 12.0 Å². The van der Waals surface area contributed by atoms with Crippen LogP contribution in [0.5, 0.6) is 0 Å². The summed E-state index contributed by atoms with van der Waals surface area (Å²) in [6.07, 6.45) is -4.66. The zero-order valence-corrected chi connectivity index (χ0v) is 21.7. The second-order valence-corrected chi connectivity index (χ2v) is 9.44. The van der Waals surface area contributed by atoms with Crippen LogP contribution < -0.4 is 16.0 Å². The maximum atomic E-state index is 14.5. The Morgan fingerprint density at radius 1 is 0.872 bits per heavy atom. The molecule has 0 saturated carbocycles. The van der Waals surface area contributed by atoms with Crippen LogP contribution in [-0.4, -0.2) is 48.2 Å². The standard InChI is InChI=1S/C26H27ClF5N3O4/c1-15(2)20(22(37)26(31,32)24(39)33-14-25(28,29)30)35-23(38)21(17-9-11-18(27)12-10-17)34-19(36)13-8-16-6-4-3-5-7-16/h3-7,9-12,15,20-21H,8,13-14H2,1-2H3,(H,33,39)(H,34,36)(H,35,38)/t20-,21?/m0/s1. The van der Waals surface area contributed by atoms with E-state index in [1.807, 2.05) is 0 Å². The summed E-state index contributed by atoms with van der Waals surface area (Å²) in [7, 11) is 0. The summed E-state index contributed by atoms with van der Waals surface area (Å²) in [5.74, 6) is -12.0.